The van der Waals surface area contributed by atoms with E-state index in [0.29, 0.717) is 6.54 Å². The fourth-order valence-corrected chi connectivity index (χ4v) is 1.82. The molecular formula is C14H17N3O. The smallest absolute Gasteiger partial charge is 0.123 e. The molecule has 2 rings (SSSR count). The molecule has 0 aliphatic rings. The van der Waals surface area contributed by atoms with E-state index in [-0.39, 0.29) is 6.04 Å². The first kappa shape index (κ1) is 12.5. The Kier molecular flexibility index (Phi) is 4.25. The van der Waals surface area contributed by atoms with Crippen LogP contribution < -0.4 is 10.1 Å². The summed E-state index contributed by atoms with van der Waals surface area (Å²) in [6, 6.07) is 12.1. The summed E-state index contributed by atoms with van der Waals surface area (Å²) in [4.78, 5) is 0. The molecule has 0 saturated heterocycles. The van der Waals surface area contributed by atoms with E-state index in [1.54, 1.807) is 13.3 Å². The minimum Gasteiger partial charge on any atom is -0.496 e. The van der Waals surface area contributed by atoms with Crippen LogP contribution in [0.25, 0.3) is 0 Å². The molecule has 1 aromatic carbocycles. The van der Waals surface area contributed by atoms with Gasteiger partial charge in [-0.15, -0.1) is 0 Å². The fourth-order valence-electron chi connectivity index (χ4n) is 1.82. The molecule has 0 spiro atoms. The van der Waals surface area contributed by atoms with Crippen LogP contribution in [0.5, 0.6) is 5.75 Å². The van der Waals surface area contributed by atoms with E-state index in [9.17, 15) is 0 Å². The highest BCUT2D eigenvalue weighted by atomic mass is 16.5. The van der Waals surface area contributed by atoms with Crippen LogP contribution >= 0.6 is 0 Å². The quantitative estimate of drug-likeness (QED) is 0.875. The van der Waals surface area contributed by atoms with Gasteiger partial charge >= 0.3 is 0 Å². The number of aromatic nitrogens is 2. The summed E-state index contributed by atoms with van der Waals surface area (Å²) in [7, 11) is 1.69. The second-order valence-corrected chi connectivity index (χ2v) is 4.06. The lowest BCUT2D eigenvalue weighted by Gasteiger charge is -2.16. The largest absolute Gasteiger partial charge is 0.496 e. The third-order valence-electron chi connectivity index (χ3n) is 2.82. The number of ether oxygens (including phenoxy) is 1. The average molecular weight is 243 g/mol. The first-order valence-electron chi connectivity index (χ1n) is 5.94. The number of methoxy groups -OCH3 is 1. The van der Waals surface area contributed by atoms with Crippen molar-refractivity contribution < 1.29 is 4.74 Å². The predicted octanol–water partition coefficient (Wildman–Crippen LogP) is 2.34. The van der Waals surface area contributed by atoms with Gasteiger partial charge in [0.15, 0.2) is 0 Å². The summed E-state index contributed by atoms with van der Waals surface area (Å²) >= 11 is 0. The van der Waals surface area contributed by atoms with E-state index >= 15 is 0 Å². The lowest BCUT2D eigenvalue weighted by molar-refractivity contribution is 0.401. The highest BCUT2D eigenvalue weighted by Crippen LogP contribution is 2.24. The van der Waals surface area contributed by atoms with Crippen molar-refractivity contribution in [2.45, 2.75) is 19.5 Å². The minimum atomic E-state index is 0.197. The zero-order valence-electron chi connectivity index (χ0n) is 10.6. The second kappa shape index (κ2) is 6.12. The van der Waals surface area contributed by atoms with Crippen molar-refractivity contribution in [2.24, 2.45) is 0 Å². The summed E-state index contributed by atoms with van der Waals surface area (Å²) in [5.41, 5.74) is 2.07. The van der Waals surface area contributed by atoms with Gasteiger partial charge in [-0.1, -0.05) is 18.2 Å². The number of benzene rings is 1. The highest BCUT2D eigenvalue weighted by Gasteiger charge is 2.10. The number of hydrogen-bond acceptors (Lipinski definition) is 4. The van der Waals surface area contributed by atoms with E-state index in [4.69, 9.17) is 4.74 Å². The molecule has 4 nitrogen and oxygen atoms in total. The lowest BCUT2D eigenvalue weighted by atomic mass is 10.1. The van der Waals surface area contributed by atoms with Crippen LogP contribution in [-0.4, -0.2) is 17.3 Å². The zero-order valence-corrected chi connectivity index (χ0v) is 10.6. The zero-order chi connectivity index (χ0) is 12.8. The molecule has 0 amide bonds. The maximum atomic E-state index is 5.35. The summed E-state index contributed by atoms with van der Waals surface area (Å²) in [5.74, 6) is 0.900. The third kappa shape index (κ3) is 3.05. The van der Waals surface area contributed by atoms with E-state index < -0.39 is 0 Å². The van der Waals surface area contributed by atoms with Crippen molar-refractivity contribution >= 4 is 0 Å². The van der Waals surface area contributed by atoms with Gasteiger partial charge in [0.25, 0.3) is 0 Å². The van der Waals surface area contributed by atoms with Crippen molar-refractivity contribution in [1.29, 1.82) is 0 Å². The molecule has 1 heterocycles. The Labute approximate surface area is 107 Å². The van der Waals surface area contributed by atoms with Gasteiger partial charge in [0.1, 0.15) is 5.75 Å². The molecule has 0 aliphatic heterocycles. The van der Waals surface area contributed by atoms with Gasteiger partial charge in [0, 0.05) is 24.3 Å². The van der Waals surface area contributed by atoms with Gasteiger partial charge in [-0.25, -0.2) is 0 Å². The molecule has 4 heteroatoms. The van der Waals surface area contributed by atoms with Crippen LogP contribution in [0.4, 0.5) is 0 Å². The summed E-state index contributed by atoms with van der Waals surface area (Å²) in [6.45, 7) is 2.79. The number of nitrogens with one attached hydrogen (secondary N) is 1. The lowest BCUT2D eigenvalue weighted by Crippen LogP contribution is -2.19. The first-order chi connectivity index (χ1) is 8.81. The average Bonchev–Trinajstić information content (AvgIpc) is 2.45. The summed E-state index contributed by atoms with van der Waals surface area (Å²) < 4.78 is 5.35. The minimum absolute atomic E-state index is 0.197. The molecular weight excluding hydrogens is 226 g/mol. The van der Waals surface area contributed by atoms with Gasteiger partial charge in [-0.3, -0.25) is 0 Å². The fraction of sp³-hybridized carbons (Fsp3) is 0.286. The standard InChI is InChI=1S/C14H17N3O/c1-11(13-7-3-4-8-14(13)18-2)15-10-12-6-5-9-16-17-12/h3-9,11,15H,10H2,1-2H3. The molecule has 2 aromatic rings. The van der Waals surface area contributed by atoms with Crippen LogP contribution in [0.2, 0.25) is 0 Å². The Hall–Kier alpha value is -1.94. The van der Waals surface area contributed by atoms with Crippen LogP contribution in [0.3, 0.4) is 0 Å². The van der Waals surface area contributed by atoms with Crippen molar-refractivity contribution in [3.63, 3.8) is 0 Å². The molecule has 18 heavy (non-hydrogen) atoms. The van der Waals surface area contributed by atoms with Crippen molar-refractivity contribution in [3.05, 3.63) is 53.9 Å². The maximum Gasteiger partial charge on any atom is 0.123 e. The Balaban J connectivity index is 2.01. The van der Waals surface area contributed by atoms with Gasteiger partial charge < -0.3 is 10.1 Å². The normalized spacial score (nSPS) is 12.1. The Morgan fingerprint density at radius 1 is 1.22 bits per heavy atom. The monoisotopic (exact) mass is 243 g/mol. The van der Waals surface area contributed by atoms with Gasteiger partial charge in [0.05, 0.1) is 12.8 Å². The Bertz CT molecular complexity index is 487. The topological polar surface area (TPSA) is 47.0 Å². The molecule has 1 atom stereocenters. The van der Waals surface area contributed by atoms with Crippen molar-refractivity contribution in [1.82, 2.24) is 15.5 Å². The van der Waals surface area contributed by atoms with Gasteiger partial charge in [-0.2, -0.15) is 10.2 Å². The second-order valence-electron chi connectivity index (χ2n) is 4.06. The number of hydrogen-bond donors (Lipinski definition) is 1. The van der Waals surface area contributed by atoms with E-state index in [2.05, 4.69) is 28.5 Å². The first-order valence-corrected chi connectivity index (χ1v) is 5.94. The van der Waals surface area contributed by atoms with Gasteiger partial charge in [0.2, 0.25) is 0 Å². The van der Waals surface area contributed by atoms with E-state index in [1.807, 2.05) is 30.3 Å². The molecule has 0 saturated carbocycles. The maximum absolute atomic E-state index is 5.35. The van der Waals surface area contributed by atoms with Crippen LogP contribution in [-0.2, 0) is 6.54 Å². The molecule has 1 N–H and O–H groups in total. The van der Waals surface area contributed by atoms with Crippen LogP contribution in [0, 0.1) is 0 Å². The van der Waals surface area contributed by atoms with Crippen molar-refractivity contribution in [2.75, 3.05) is 7.11 Å². The molecule has 1 aromatic heterocycles. The summed E-state index contributed by atoms with van der Waals surface area (Å²) in [5, 5.41) is 11.3. The number of rotatable bonds is 5. The number of nitrogens with zero attached hydrogens (tertiary/aromatic N) is 2. The molecule has 1 unspecified atom stereocenters. The predicted molar refractivity (Wildman–Crippen MR) is 70.3 cm³/mol. The highest BCUT2D eigenvalue weighted by molar-refractivity contribution is 5.35. The Morgan fingerprint density at radius 3 is 2.78 bits per heavy atom. The summed E-state index contributed by atoms with van der Waals surface area (Å²) in [6.07, 6.45) is 1.67. The molecule has 94 valence electrons. The molecule has 0 bridgehead atoms. The third-order valence-corrected chi connectivity index (χ3v) is 2.82. The van der Waals surface area contributed by atoms with Gasteiger partial charge in [-0.05, 0) is 25.1 Å². The van der Waals surface area contributed by atoms with E-state index in [1.165, 1.54) is 0 Å². The molecule has 0 radical (unpaired) electrons. The van der Waals surface area contributed by atoms with E-state index in [0.717, 1.165) is 17.0 Å². The van der Waals surface area contributed by atoms with Crippen LogP contribution in [0.15, 0.2) is 42.6 Å². The van der Waals surface area contributed by atoms with Crippen LogP contribution in [0.1, 0.15) is 24.2 Å². The molecule has 0 fully saturated rings. The number of para-hydroxylation sites is 1. The Morgan fingerprint density at radius 2 is 2.06 bits per heavy atom. The molecule has 0 aliphatic carbocycles. The SMILES string of the molecule is COc1ccccc1C(C)NCc1cccnn1. The van der Waals surface area contributed by atoms with Crippen molar-refractivity contribution in [3.8, 4) is 5.75 Å².